The topological polar surface area (TPSA) is 99.7 Å². The molecule has 0 saturated carbocycles. The van der Waals surface area contributed by atoms with Crippen LogP contribution in [0.4, 0.5) is 0 Å². The van der Waals surface area contributed by atoms with Crippen molar-refractivity contribution in [2.75, 3.05) is 6.54 Å². The second-order valence-electron chi connectivity index (χ2n) is 3.91. The predicted octanol–water partition coefficient (Wildman–Crippen LogP) is -0.620. The van der Waals surface area contributed by atoms with Gasteiger partial charge in [0.2, 0.25) is 5.91 Å². The molecular weight excluding hydrogens is 196 g/mol. The third-order valence-corrected chi connectivity index (χ3v) is 2.44. The van der Waals surface area contributed by atoms with Crippen LogP contribution in [0.2, 0.25) is 0 Å². The van der Waals surface area contributed by atoms with E-state index in [1.165, 1.54) is 0 Å². The van der Waals surface area contributed by atoms with Gasteiger partial charge in [-0.2, -0.15) is 0 Å². The van der Waals surface area contributed by atoms with Crippen molar-refractivity contribution in [1.82, 2.24) is 10.6 Å². The van der Waals surface area contributed by atoms with Gasteiger partial charge in [0, 0.05) is 31.5 Å². The molecule has 2 atom stereocenters. The zero-order chi connectivity index (χ0) is 11.3. The van der Waals surface area contributed by atoms with Crippen LogP contribution in [0.5, 0.6) is 0 Å². The summed E-state index contributed by atoms with van der Waals surface area (Å²) in [4.78, 5) is 10.9. The summed E-state index contributed by atoms with van der Waals surface area (Å²) in [6.45, 7) is 2.68. The van der Waals surface area contributed by atoms with Crippen molar-refractivity contribution in [3.8, 4) is 0 Å². The fourth-order valence-electron chi connectivity index (χ4n) is 1.60. The van der Waals surface area contributed by atoms with Gasteiger partial charge in [-0.3, -0.25) is 4.79 Å². The monoisotopic (exact) mass is 214 g/mol. The number of nitrogens with two attached hydrogens (primary N) is 1. The first-order valence-corrected chi connectivity index (χ1v) is 5.11. The Balaban J connectivity index is 2.16. The standard InChI is InChI=1S/C9H18N4O2/c1-6(4-8(10)13-15)11-5-7-2-3-9(14)12-7/h6-7,11,15H,2-5H2,1H3,(H2,10,13)(H,12,14). The Bertz CT molecular complexity index is 254. The van der Waals surface area contributed by atoms with E-state index in [1.807, 2.05) is 6.92 Å². The molecule has 6 nitrogen and oxygen atoms in total. The minimum atomic E-state index is 0.117. The largest absolute Gasteiger partial charge is 0.409 e. The summed E-state index contributed by atoms with van der Waals surface area (Å²) in [5.74, 6) is 0.330. The zero-order valence-corrected chi connectivity index (χ0v) is 8.86. The molecule has 1 aliphatic heterocycles. The summed E-state index contributed by atoms with van der Waals surface area (Å²) < 4.78 is 0. The van der Waals surface area contributed by atoms with Gasteiger partial charge in [-0.05, 0) is 13.3 Å². The van der Waals surface area contributed by atoms with Gasteiger partial charge in [0.25, 0.3) is 0 Å². The van der Waals surface area contributed by atoms with Crippen LogP contribution >= 0.6 is 0 Å². The number of nitrogens with zero attached hydrogens (tertiary/aromatic N) is 1. The molecule has 0 radical (unpaired) electrons. The van der Waals surface area contributed by atoms with Gasteiger partial charge in [0.1, 0.15) is 5.84 Å². The molecule has 0 aliphatic carbocycles. The van der Waals surface area contributed by atoms with Crippen molar-refractivity contribution in [3.05, 3.63) is 0 Å². The molecule has 0 bridgehead atoms. The van der Waals surface area contributed by atoms with E-state index < -0.39 is 0 Å². The van der Waals surface area contributed by atoms with E-state index in [4.69, 9.17) is 10.9 Å². The van der Waals surface area contributed by atoms with E-state index in [0.717, 1.165) is 13.0 Å². The van der Waals surface area contributed by atoms with Crippen molar-refractivity contribution in [2.24, 2.45) is 10.9 Å². The molecule has 6 heteroatoms. The number of hydrogen-bond donors (Lipinski definition) is 4. The molecule has 0 aromatic carbocycles. The summed E-state index contributed by atoms with van der Waals surface area (Å²) in [6.07, 6.45) is 1.99. The highest BCUT2D eigenvalue weighted by Gasteiger charge is 2.20. The maximum atomic E-state index is 10.9. The Hall–Kier alpha value is -1.30. The average molecular weight is 214 g/mol. The highest BCUT2D eigenvalue weighted by Crippen LogP contribution is 2.05. The van der Waals surface area contributed by atoms with Gasteiger partial charge < -0.3 is 21.6 Å². The van der Waals surface area contributed by atoms with Crippen LogP contribution in [-0.2, 0) is 4.79 Å². The highest BCUT2D eigenvalue weighted by molar-refractivity contribution is 5.80. The lowest BCUT2D eigenvalue weighted by molar-refractivity contribution is -0.119. The van der Waals surface area contributed by atoms with E-state index in [1.54, 1.807) is 0 Å². The minimum Gasteiger partial charge on any atom is -0.409 e. The Labute approximate surface area is 88.9 Å². The smallest absolute Gasteiger partial charge is 0.220 e. The first kappa shape index (κ1) is 11.8. The van der Waals surface area contributed by atoms with E-state index in [9.17, 15) is 4.79 Å². The minimum absolute atomic E-state index is 0.117. The molecule has 1 heterocycles. The van der Waals surface area contributed by atoms with Crippen LogP contribution in [-0.4, -0.2) is 35.6 Å². The van der Waals surface area contributed by atoms with Crippen LogP contribution in [0.1, 0.15) is 26.2 Å². The summed E-state index contributed by atoms with van der Waals surface area (Å²) in [5, 5.41) is 17.4. The molecule has 1 rings (SSSR count). The van der Waals surface area contributed by atoms with Crippen molar-refractivity contribution in [2.45, 2.75) is 38.3 Å². The molecule has 1 amide bonds. The number of nitrogens with one attached hydrogen (secondary N) is 2. The molecule has 15 heavy (non-hydrogen) atoms. The lowest BCUT2D eigenvalue weighted by Gasteiger charge is -2.16. The number of rotatable bonds is 5. The fraction of sp³-hybridized carbons (Fsp3) is 0.778. The normalized spacial score (nSPS) is 23.9. The molecule has 1 saturated heterocycles. The van der Waals surface area contributed by atoms with Gasteiger partial charge in [0.15, 0.2) is 0 Å². The molecule has 0 spiro atoms. The summed E-state index contributed by atoms with van der Waals surface area (Å²) in [7, 11) is 0. The average Bonchev–Trinajstić information content (AvgIpc) is 2.61. The van der Waals surface area contributed by atoms with Crippen LogP contribution in [0, 0.1) is 0 Å². The third-order valence-electron chi connectivity index (χ3n) is 2.44. The second-order valence-corrected chi connectivity index (χ2v) is 3.91. The van der Waals surface area contributed by atoms with E-state index >= 15 is 0 Å². The van der Waals surface area contributed by atoms with E-state index in [2.05, 4.69) is 15.8 Å². The Kier molecular flexibility index (Phi) is 4.36. The number of hydrogen-bond acceptors (Lipinski definition) is 4. The lowest BCUT2D eigenvalue weighted by atomic mass is 10.2. The van der Waals surface area contributed by atoms with E-state index in [-0.39, 0.29) is 23.8 Å². The molecule has 1 fully saturated rings. The van der Waals surface area contributed by atoms with Crippen LogP contribution in [0.15, 0.2) is 5.16 Å². The Morgan fingerprint density at radius 1 is 1.87 bits per heavy atom. The molecule has 1 aliphatic rings. The SMILES string of the molecule is CC(CC(N)=NO)NCC1CCC(=O)N1. The molecular formula is C9H18N4O2. The molecule has 0 aromatic rings. The first-order valence-electron chi connectivity index (χ1n) is 5.11. The van der Waals surface area contributed by atoms with Crippen molar-refractivity contribution < 1.29 is 10.0 Å². The van der Waals surface area contributed by atoms with Crippen molar-refractivity contribution in [3.63, 3.8) is 0 Å². The summed E-state index contributed by atoms with van der Waals surface area (Å²) in [6, 6.07) is 0.352. The number of carbonyl (C=O) groups is 1. The third kappa shape index (κ3) is 4.16. The van der Waals surface area contributed by atoms with Gasteiger partial charge >= 0.3 is 0 Å². The highest BCUT2D eigenvalue weighted by atomic mass is 16.4. The number of carbonyl (C=O) groups excluding carboxylic acids is 1. The molecule has 0 aromatic heterocycles. The first-order chi connectivity index (χ1) is 7.11. The Morgan fingerprint density at radius 2 is 2.60 bits per heavy atom. The van der Waals surface area contributed by atoms with Gasteiger partial charge in [-0.15, -0.1) is 0 Å². The maximum absolute atomic E-state index is 10.9. The van der Waals surface area contributed by atoms with Crippen LogP contribution in [0.25, 0.3) is 0 Å². The van der Waals surface area contributed by atoms with Crippen LogP contribution < -0.4 is 16.4 Å². The quantitative estimate of drug-likeness (QED) is 0.212. The molecule has 2 unspecified atom stereocenters. The maximum Gasteiger partial charge on any atom is 0.220 e. The van der Waals surface area contributed by atoms with Gasteiger partial charge in [-0.1, -0.05) is 5.16 Å². The number of oxime groups is 1. The zero-order valence-electron chi connectivity index (χ0n) is 8.86. The second kappa shape index (κ2) is 5.55. The van der Waals surface area contributed by atoms with Crippen molar-refractivity contribution >= 4 is 11.7 Å². The number of amides is 1. The molecule has 86 valence electrons. The van der Waals surface area contributed by atoms with Gasteiger partial charge in [0.05, 0.1) is 0 Å². The Morgan fingerprint density at radius 3 is 3.13 bits per heavy atom. The number of amidine groups is 1. The van der Waals surface area contributed by atoms with E-state index in [0.29, 0.717) is 12.8 Å². The fourth-order valence-corrected chi connectivity index (χ4v) is 1.60. The molecule has 5 N–H and O–H groups in total. The summed E-state index contributed by atoms with van der Waals surface area (Å²) >= 11 is 0. The predicted molar refractivity (Wildman–Crippen MR) is 56.7 cm³/mol. The van der Waals surface area contributed by atoms with Crippen molar-refractivity contribution in [1.29, 1.82) is 0 Å². The van der Waals surface area contributed by atoms with Gasteiger partial charge in [-0.25, -0.2) is 0 Å². The lowest BCUT2D eigenvalue weighted by Crippen LogP contribution is -2.40. The van der Waals surface area contributed by atoms with Crippen LogP contribution in [0.3, 0.4) is 0 Å². The summed E-state index contributed by atoms with van der Waals surface area (Å²) in [5.41, 5.74) is 5.37.